The molecule has 0 unspecified atom stereocenters. The van der Waals surface area contributed by atoms with Crippen molar-refractivity contribution in [2.24, 2.45) is 0 Å². The molecule has 0 fully saturated rings. The average molecular weight is 1040 g/mol. The normalized spacial score (nSPS) is 13.0. The number of anilines is 3. The molecule has 0 amide bonds. The third-order valence-electron chi connectivity index (χ3n) is 17.7. The van der Waals surface area contributed by atoms with Crippen LogP contribution in [0.1, 0.15) is 22.3 Å². The molecule has 0 atom stereocenters. The minimum absolute atomic E-state index is 0.710. The fraction of sp³-hybridized carbons (Fsp3) is 0.0127. The van der Waals surface area contributed by atoms with E-state index in [1.807, 2.05) is 0 Å². The SMILES string of the molecule is c1ccc(N2c3ccc(-c4ccccc4-c4cccc5c6ccccc6n(-c6ccccc6)c45)cc3C3(c4ccccc4-c4ccccc43)c3cc(-c4ccccc4-c4cccc5c6ccccc6n(-c6ccccc6)c45)ccc32)cc1. The number of hydrogen-bond donors (Lipinski definition) is 0. The number of benzene rings is 13. The smallest absolute Gasteiger partial charge is 0.0754 e. The summed E-state index contributed by atoms with van der Waals surface area (Å²) in [6.45, 7) is 0. The molecule has 0 radical (unpaired) electrons. The molecule has 2 aromatic heterocycles. The zero-order chi connectivity index (χ0) is 53.9. The van der Waals surface area contributed by atoms with Crippen LogP contribution in [0.2, 0.25) is 0 Å². The van der Waals surface area contributed by atoms with Crippen molar-refractivity contribution in [2.75, 3.05) is 4.90 Å². The number of rotatable bonds is 7. The van der Waals surface area contributed by atoms with Crippen LogP contribution >= 0.6 is 0 Å². The average Bonchev–Trinajstić information content (AvgIpc) is 2.01. The van der Waals surface area contributed by atoms with E-state index in [9.17, 15) is 0 Å². The first kappa shape index (κ1) is 46.2. The van der Waals surface area contributed by atoms with E-state index in [0.717, 1.165) is 39.6 Å². The molecule has 15 aromatic rings. The molecule has 2 aliphatic rings. The number of para-hydroxylation sites is 7. The molecule has 17 rings (SSSR count). The van der Waals surface area contributed by atoms with E-state index < -0.39 is 5.41 Å². The third-order valence-corrected chi connectivity index (χ3v) is 17.7. The lowest BCUT2D eigenvalue weighted by molar-refractivity contribution is 0.753. The number of nitrogens with zero attached hydrogens (tertiary/aromatic N) is 3. The molecule has 82 heavy (non-hydrogen) atoms. The van der Waals surface area contributed by atoms with Gasteiger partial charge in [0.15, 0.2) is 0 Å². The van der Waals surface area contributed by atoms with Gasteiger partial charge in [-0.2, -0.15) is 0 Å². The van der Waals surface area contributed by atoms with E-state index in [4.69, 9.17) is 0 Å². The largest absolute Gasteiger partial charge is 0.310 e. The van der Waals surface area contributed by atoms with Gasteiger partial charge in [0.1, 0.15) is 0 Å². The summed E-state index contributed by atoms with van der Waals surface area (Å²) in [4.78, 5) is 2.52. The van der Waals surface area contributed by atoms with Gasteiger partial charge in [0.2, 0.25) is 0 Å². The highest BCUT2D eigenvalue weighted by molar-refractivity contribution is 6.16. The molecular weight excluding hydrogens is 991 g/mol. The van der Waals surface area contributed by atoms with Crippen LogP contribution in [0.5, 0.6) is 0 Å². The summed E-state index contributed by atoms with van der Waals surface area (Å²) in [7, 11) is 0. The fourth-order valence-corrected chi connectivity index (χ4v) is 14.4. The van der Waals surface area contributed by atoms with Gasteiger partial charge >= 0.3 is 0 Å². The maximum Gasteiger partial charge on any atom is 0.0754 e. The van der Waals surface area contributed by atoms with Gasteiger partial charge in [-0.05, 0) is 140 Å². The molecule has 0 saturated heterocycles. The highest BCUT2D eigenvalue weighted by Crippen LogP contribution is 2.64. The van der Waals surface area contributed by atoms with Crippen molar-refractivity contribution in [3.8, 4) is 67.0 Å². The van der Waals surface area contributed by atoms with Crippen molar-refractivity contribution in [1.82, 2.24) is 9.13 Å². The molecule has 1 spiro atoms. The van der Waals surface area contributed by atoms with Crippen LogP contribution in [0.4, 0.5) is 17.1 Å². The van der Waals surface area contributed by atoms with E-state index in [1.165, 1.54) is 110 Å². The summed E-state index contributed by atoms with van der Waals surface area (Å²) in [6.07, 6.45) is 0. The Morgan fingerprint density at radius 1 is 0.220 bits per heavy atom. The lowest BCUT2D eigenvalue weighted by Gasteiger charge is -2.45. The maximum absolute atomic E-state index is 2.54. The standard InChI is InChI=1S/C79H51N3/c1-4-24-54(25-5-1)80-75-48-46-52(57-30-10-12-32-59(57)65-38-22-40-67-63-36-16-20-44-73(63)81(77(65)67)55-26-6-2-7-27-55)50-71(75)79(69-42-18-14-34-61(69)62-35-15-19-43-70(62)79)72-51-53(47-49-76(72)80)58-31-11-13-33-60(58)66-39-23-41-68-64-37-17-21-45-74(64)82(78(66)68)56-28-8-3-9-29-56/h1-51H. The Morgan fingerprint density at radius 2 is 0.561 bits per heavy atom. The van der Waals surface area contributed by atoms with Crippen LogP contribution in [-0.4, -0.2) is 9.13 Å². The van der Waals surface area contributed by atoms with Gasteiger partial charge in [-0.25, -0.2) is 0 Å². The monoisotopic (exact) mass is 1040 g/mol. The van der Waals surface area contributed by atoms with Gasteiger partial charge in [-0.1, -0.05) is 237 Å². The van der Waals surface area contributed by atoms with Gasteiger partial charge in [-0.3, -0.25) is 0 Å². The molecule has 3 nitrogen and oxygen atoms in total. The van der Waals surface area contributed by atoms with E-state index >= 15 is 0 Å². The number of aromatic nitrogens is 2. The second kappa shape index (κ2) is 18.2. The van der Waals surface area contributed by atoms with E-state index in [-0.39, 0.29) is 0 Å². The van der Waals surface area contributed by atoms with Crippen molar-refractivity contribution < 1.29 is 0 Å². The highest BCUT2D eigenvalue weighted by Gasteiger charge is 2.52. The molecule has 1 aliphatic heterocycles. The summed E-state index contributed by atoms with van der Waals surface area (Å²) in [6, 6.07) is 115. The van der Waals surface area contributed by atoms with Gasteiger partial charge in [0, 0.05) is 49.7 Å². The first-order chi connectivity index (χ1) is 40.7. The number of fused-ring (bicyclic) bond motifs is 15. The van der Waals surface area contributed by atoms with Crippen LogP contribution in [0, 0.1) is 0 Å². The molecule has 0 bridgehead atoms. The van der Waals surface area contributed by atoms with Gasteiger partial charge in [0.25, 0.3) is 0 Å². The van der Waals surface area contributed by atoms with Crippen LogP contribution in [-0.2, 0) is 5.41 Å². The van der Waals surface area contributed by atoms with Crippen LogP contribution in [0.25, 0.3) is 111 Å². The Kier molecular flexibility index (Phi) is 10.2. The van der Waals surface area contributed by atoms with Crippen LogP contribution in [0.3, 0.4) is 0 Å². The van der Waals surface area contributed by atoms with Crippen molar-refractivity contribution in [3.63, 3.8) is 0 Å². The highest BCUT2D eigenvalue weighted by atomic mass is 15.2. The zero-order valence-electron chi connectivity index (χ0n) is 44.8. The second-order valence-electron chi connectivity index (χ2n) is 21.8. The predicted molar refractivity (Wildman–Crippen MR) is 342 cm³/mol. The lowest BCUT2D eigenvalue weighted by Crippen LogP contribution is -2.36. The lowest BCUT2D eigenvalue weighted by atomic mass is 9.64. The van der Waals surface area contributed by atoms with Crippen molar-refractivity contribution in [1.29, 1.82) is 0 Å². The first-order valence-corrected chi connectivity index (χ1v) is 28.4. The Bertz CT molecular complexity index is 4750. The predicted octanol–water partition coefficient (Wildman–Crippen LogP) is 20.7. The Morgan fingerprint density at radius 3 is 1.01 bits per heavy atom. The van der Waals surface area contributed by atoms with E-state index in [0.29, 0.717) is 0 Å². The molecule has 13 aromatic carbocycles. The molecule has 0 N–H and O–H groups in total. The van der Waals surface area contributed by atoms with Crippen molar-refractivity contribution in [2.45, 2.75) is 5.41 Å². The van der Waals surface area contributed by atoms with Crippen LogP contribution < -0.4 is 4.90 Å². The topological polar surface area (TPSA) is 13.1 Å². The summed E-state index contributed by atoms with van der Waals surface area (Å²) >= 11 is 0. The van der Waals surface area contributed by atoms with Crippen LogP contribution in [0.15, 0.2) is 309 Å². The zero-order valence-corrected chi connectivity index (χ0v) is 44.8. The summed E-state index contributed by atoms with van der Waals surface area (Å²) in [5.74, 6) is 0. The summed E-state index contributed by atoms with van der Waals surface area (Å²) in [5.41, 5.74) is 26.8. The molecule has 0 saturated carbocycles. The minimum Gasteiger partial charge on any atom is -0.310 e. The first-order valence-electron chi connectivity index (χ1n) is 28.4. The van der Waals surface area contributed by atoms with Crippen molar-refractivity contribution in [3.05, 3.63) is 332 Å². The van der Waals surface area contributed by atoms with Gasteiger partial charge in [0.05, 0.1) is 38.9 Å². The summed E-state index contributed by atoms with van der Waals surface area (Å²) < 4.78 is 4.91. The fourth-order valence-electron chi connectivity index (χ4n) is 14.4. The minimum atomic E-state index is -0.710. The summed E-state index contributed by atoms with van der Waals surface area (Å²) in [5, 5.41) is 4.95. The van der Waals surface area contributed by atoms with E-state index in [2.05, 4.69) is 323 Å². The molecule has 3 heteroatoms. The molecule has 1 aliphatic carbocycles. The molecule has 3 heterocycles. The second-order valence-corrected chi connectivity index (χ2v) is 21.8. The maximum atomic E-state index is 2.54. The van der Waals surface area contributed by atoms with Gasteiger partial charge in [-0.15, -0.1) is 0 Å². The van der Waals surface area contributed by atoms with Crippen molar-refractivity contribution >= 4 is 60.7 Å². The van der Waals surface area contributed by atoms with Gasteiger partial charge < -0.3 is 14.0 Å². The Balaban J connectivity index is 0.934. The molecule has 382 valence electrons. The number of hydrogen-bond acceptors (Lipinski definition) is 1. The quantitative estimate of drug-likeness (QED) is 0.155. The Labute approximate surface area is 476 Å². The molecular formula is C79H51N3. The Hall–Kier alpha value is -10.7. The third kappa shape index (κ3) is 6.59. The van der Waals surface area contributed by atoms with E-state index in [1.54, 1.807) is 0 Å².